The molecule has 2 aliphatic heterocycles. The third-order valence-corrected chi connectivity index (χ3v) is 8.83. The Kier molecular flexibility index (Phi) is 7.60. The monoisotopic (exact) mass is 598 g/mol. The number of aromatic nitrogens is 1. The van der Waals surface area contributed by atoms with Crippen LogP contribution in [0.3, 0.4) is 0 Å². The number of hydrogen-bond donors (Lipinski definition) is 1. The topological polar surface area (TPSA) is 98.2 Å². The van der Waals surface area contributed by atoms with Gasteiger partial charge in [0.05, 0.1) is 35.5 Å². The normalized spacial score (nSPS) is 19.3. The molecule has 1 fully saturated rings. The van der Waals surface area contributed by atoms with Crippen LogP contribution < -0.4 is 19.1 Å². The summed E-state index contributed by atoms with van der Waals surface area (Å²) < 4.78 is 18.4. The Bertz CT molecular complexity index is 1770. The van der Waals surface area contributed by atoms with E-state index in [4.69, 9.17) is 19.2 Å². The number of aliphatic hydroxyl groups is 1. The minimum absolute atomic E-state index is 0.0112. The molecule has 8 nitrogen and oxygen atoms in total. The van der Waals surface area contributed by atoms with E-state index in [0.29, 0.717) is 46.7 Å². The zero-order chi connectivity index (χ0) is 30.4. The Hall–Kier alpha value is -4.37. The van der Waals surface area contributed by atoms with E-state index in [1.54, 1.807) is 37.4 Å². The maximum atomic E-state index is 13.8. The largest absolute Gasteiger partial charge is 0.507 e. The van der Waals surface area contributed by atoms with Gasteiger partial charge in [-0.2, -0.15) is 0 Å². The van der Waals surface area contributed by atoms with E-state index < -0.39 is 17.7 Å². The van der Waals surface area contributed by atoms with E-state index in [1.807, 2.05) is 38.1 Å². The van der Waals surface area contributed by atoms with Gasteiger partial charge in [0.25, 0.3) is 5.78 Å². The van der Waals surface area contributed by atoms with Gasteiger partial charge < -0.3 is 19.3 Å². The maximum absolute atomic E-state index is 13.8. The average molecular weight is 599 g/mol. The third kappa shape index (κ3) is 5.33. The second kappa shape index (κ2) is 11.4. The van der Waals surface area contributed by atoms with Crippen molar-refractivity contribution in [1.82, 2.24) is 4.98 Å². The zero-order valence-corrected chi connectivity index (χ0v) is 25.7. The standard InChI is InChI=1S/C34H34N2O6S/c1-18(2)12-13-41-26-11-7-21(17-27(26)40-5)30-29(31(37)22-8-10-25-23(16-22)15-20(4)42-25)32(38)33(39)36(30)34-35-24-9-6-19(3)14-28(24)43-34/h6-11,14,16-18,20,30,37H,12-13,15H2,1-5H3/t20-,30-/m0/s1. The molecule has 0 bridgehead atoms. The summed E-state index contributed by atoms with van der Waals surface area (Å²) in [7, 11) is 1.55. The summed E-state index contributed by atoms with van der Waals surface area (Å²) in [6.45, 7) is 8.76. The van der Waals surface area contributed by atoms with Crippen molar-refractivity contribution in [3.05, 3.63) is 82.4 Å². The molecule has 0 aliphatic carbocycles. The first-order valence-electron chi connectivity index (χ1n) is 14.4. The zero-order valence-electron chi connectivity index (χ0n) is 24.8. The number of hydrogen-bond acceptors (Lipinski definition) is 8. The molecule has 0 unspecified atom stereocenters. The van der Waals surface area contributed by atoms with Crippen LogP contribution in [0.2, 0.25) is 0 Å². The molecule has 2 atom stereocenters. The van der Waals surface area contributed by atoms with Gasteiger partial charge in [-0.15, -0.1) is 0 Å². The minimum Gasteiger partial charge on any atom is -0.507 e. The van der Waals surface area contributed by atoms with Crippen LogP contribution in [0.1, 0.15) is 55.5 Å². The van der Waals surface area contributed by atoms with Gasteiger partial charge in [0, 0.05) is 12.0 Å². The second-order valence-corrected chi connectivity index (χ2v) is 12.5. The number of fused-ring (bicyclic) bond motifs is 2. The smallest absolute Gasteiger partial charge is 0.301 e. The Balaban J connectivity index is 1.49. The van der Waals surface area contributed by atoms with Crippen LogP contribution in [0.5, 0.6) is 17.2 Å². The Labute approximate surface area is 254 Å². The van der Waals surface area contributed by atoms with Crippen molar-refractivity contribution in [2.75, 3.05) is 18.6 Å². The van der Waals surface area contributed by atoms with Gasteiger partial charge in [0.2, 0.25) is 0 Å². The van der Waals surface area contributed by atoms with Crippen LogP contribution in [0.15, 0.2) is 60.2 Å². The van der Waals surface area contributed by atoms with E-state index in [2.05, 4.69) is 13.8 Å². The fourth-order valence-corrected chi connectivity index (χ4v) is 6.66. The van der Waals surface area contributed by atoms with Crippen molar-refractivity contribution in [2.45, 2.75) is 52.7 Å². The molecule has 0 saturated carbocycles. The summed E-state index contributed by atoms with van der Waals surface area (Å²) in [6, 6.07) is 15.6. The summed E-state index contributed by atoms with van der Waals surface area (Å²) >= 11 is 1.33. The quantitative estimate of drug-likeness (QED) is 0.133. The highest BCUT2D eigenvalue weighted by molar-refractivity contribution is 7.22. The number of ketones is 1. The first-order chi connectivity index (χ1) is 20.6. The van der Waals surface area contributed by atoms with Crippen LogP contribution in [0, 0.1) is 12.8 Å². The minimum atomic E-state index is -0.941. The van der Waals surface area contributed by atoms with Crippen LogP contribution in [0.4, 0.5) is 5.13 Å². The molecule has 0 spiro atoms. The number of ether oxygens (including phenoxy) is 3. The molecule has 9 heteroatoms. The number of aryl methyl sites for hydroxylation is 1. The first kappa shape index (κ1) is 28.7. The second-order valence-electron chi connectivity index (χ2n) is 11.5. The number of nitrogens with zero attached hydrogens (tertiary/aromatic N) is 2. The Morgan fingerprint density at radius 2 is 1.93 bits per heavy atom. The molecule has 6 rings (SSSR count). The molecule has 3 aromatic carbocycles. The number of carbonyl (C=O) groups is 2. The predicted octanol–water partition coefficient (Wildman–Crippen LogP) is 6.99. The highest BCUT2D eigenvalue weighted by Crippen LogP contribution is 2.46. The van der Waals surface area contributed by atoms with Crippen molar-refractivity contribution in [3.63, 3.8) is 0 Å². The SMILES string of the molecule is COc1cc([C@H]2C(=C(O)c3ccc4c(c3)C[C@H](C)O4)C(=O)C(=O)N2c2nc3ccc(C)cc3s2)ccc1OCCC(C)C. The van der Waals surface area contributed by atoms with Gasteiger partial charge in [0.15, 0.2) is 16.6 Å². The Morgan fingerprint density at radius 3 is 2.70 bits per heavy atom. The summed E-state index contributed by atoms with van der Waals surface area (Å²) in [4.78, 5) is 33.6. The van der Waals surface area contributed by atoms with Gasteiger partial charge in [-0.3, -0.25) is 14.5 Å². The lowest BCUT2D eigenvalue weighted by atomic mass is 9.94. The van der Waals surface area contributed by atoms with Crippen molar-refractivity contribution in [1.29, 1.82) is 0 Å². The molecule has 43 heavy (non-hydrogen) atoms. The molecule has 222 valence electrons. The Morgan fingerprint density at radius 1 is 1.12 bits per heavy atom. The number of methoxy groups -OCH3 is 1. The van der Waals surface area contributed by atoms with Gasteiger partial charge in [-0.05, 0) is 85.3 Å². The molecule has 4 aromatic rings. The molecule has 1 aromatic heterocycles. The van der Waals surface area contributed by atoms with Gasteiger partial charge in [-0.25, -0.2) is 4.98 Å². The number of rotatable bonds is 8. The molecule has 2 aliphatic rings. The predicted molar refractivity (Wildman–Crippen MR) is 167 cm³/mol. The molecule has 1 saturated heterocycles. The highest BCUT2D eigenvalue weighted by Gasteiger charge is 2.48. The molecule has 1 amide bonds. The maximum Gasteiger partial charge on any atom is 0.301 e. The van der Waals surface area contributed by atoms with Gasteiger partial charge >= 0.3 is 5.91 Å². The number of aliphatic hydroxyl groups excluding tert-OH is 1. The average Bonchev–Trinajstić information content (AvgIpc) is 3.64. The number of benzene rings is 3. The van der Waals surface area contributed by atoms with Crippen LogP contribution in [-0.4, -0.2) is 41.6 Å². The number of amides is 1. The van der Waals surface area contributed by atoms with Crippen molar-refractivity contribution in [3.8, 4) is 17.2 Å². The van der Waals surface area contributed by atoms with Gasteiger partial charge in [-0.1, -0.05) is 37.3 Å². The molecule has 3 heterocycles. The van der Waals surface area contributed by atoms with E-state index >= 15 is 0 Å². The lowest BCUT2D eigenvalue weighted by molar-refractivity contribution is -0.132. The summed E-state index contributed by atoms with van der Waals surface area (Å²) in [5.41, 5.74) is 3.75. The van der Waals surface area contributed by atoms with Crippen LogP contribution in [0.25, 0.3) is 16.0 Å². The molecular formula is C34H34N2O6S. The summed E-state index contributed by atoms with van der Waals surface area (Å²) in [6.07, 6.45) is 1.59. The first-order valence-corrected chi connectivity index (χ1v) is 15.2. The highest BCUT2D eigenvalue weighted by atomic mass is 32.1. The summed E-state index contributed by atoms with van der Waals surface area (Å²) in [5, 5.41) is 12.1. The fraction of sp³-hybridized carbons (Fsp3) is 0.324. The molecular weight excluding hydrogens is 564 g/mol. The van der Waals surface area contributed by atoms with Crippen LogP contribution in [-0.2, 0) is 16.0 Å². The third-order valence-electron chi connectivity index (χ3n) is 7.81. The number of Topliss-reactive ketones (excluding diaryl/α,β-unsaturated/α-hetero) is 1. The van der Waals surface area contributed by atoms with E-state index in [-0.39, 0.29) is 17.4 Å². The van der Waals surface area contributed by atoms with Crippen molar-refractivity contribution >= 4 is 44.1 Å². The van der Waals surface area contributed by atoms with Crippen molar-refractivity contribution in [2.24, 2.45) is 5.92 Å². The van der Waals surface area contributed by atoms with Crippen LogP contribution >= 0.6 is 11.3 Å². The van der Waals surface area contributed by atoms with Crippen molar-refractivity contribution < 1.29 is 28.9 Å². The molecule has 1 N–H and O–H groups in total. The summed E-state index contributed by atoms with van der Waals surface area (Å²) in [5.74, 6) is 0.486. The van der Waals surface area contributed by atoms with Gasteiger partial charge in [0.1, 0.15) is 17.6 Å². The number of carbonyl (C=O) groups excluding carboxylic acids is 2. The fourth-order valence-electron chi connectivity index (χ4n) is 5.57. The van der Waals surface area contributed by atoms with E-state index in [0.717, 1.165) is 33.5 Å². The van der Waals surface area contributed by atoms with E-state index in [1.165, 1.54) is 16.2 Å². The molecule has 0 radical (unpaired) electrons. The number of anilines is 1. The lowest BCUT2D eigenvalue weighted by Gasteiger charge is -2.24. The lowest BCUT2D eigenvalue weighted by Crippen LogP contribution is -2.29. The van der Waals surface area contributed by atoms with E-state index in [9.17, 15) is 14.7 Å². The number of thiazole rings is 1.